The average molecular weight is 895 g/mol. The SMILES string of the molecule is CC\C=C/C=C\C=C/C=C\C=C\C=C/CCCCCC(=O)OCC(COC(=O)CCCCCCC\C=C/C=C\C=C/CC)OC(=O)CCC/C=C\C/C=C\C/C=C\CCCCCCCC. The fourth-order valence-corrected chi connectivity index (χ4v) is 6.25. The maximum absolute atomic E-state index is 12.8. The Morgan fingerprint density at radius 2 is 0.677 bits per heavy atom. The smallest absolute Gasteiger partial charge is 0.306 e. The van der Waals surface area contributed by atoms with Crippen LogP contribution in [0.15, 0.2) is 146 Å². The van der Waals surface area contributed by atoms with Gasteiger partial charge in [-0.25, -0.2) is 0 Å². The first kappa shape index (κ1) is 60.3. The van der Waals surface area contributed by atoms with Gasteiger partial charge in [0.05, 0.1) is 0 Å². The molecule has 0 radical (unpaired) electrons. The van der Waals surface area contributed by atoms with E-state index in [4.69, 9.17) is 14.2 Å². The van der Waals surface area contributed by atoms with Crippen LogP contribution in [0.5, 0.6) is 0 Å². The van der Waals surface area contributed by atoms with Gasteiger partial charge >= 0.3 is 17.9 Å². The van der Waals surface area contributed by atoms with Crippen molar-refractivity contribution in [1.29, 1.82) is 0 Å². The van der Waals surface area contributed by atoms with Crippen molar-refractivity contribution in [1.82, 2.24) is 0 Å². The average Bonchev–Trinajstić information content (AvgIpc) is 3.30. The predicted molar refractivity (Wildman–Crippen MR) is 279 cm³/mol. The molecule has 0 heterocycles. The quantitative estimate of drug-likeness (QED) is 0.0199. The molecular weight excluding hydrogens is 805 g/mol. The highest BCUT2D eigenvalue weighted by Crippen LogP contribution is 2.11. The molecule has 0 aromatic carbocycles. The molecule has 0 aromatic heterocycles. The summed E-state index contributed by atoms with van der Waals surface area (Å²) in [6.07, 6.45) is 74.0. The molecule has 362 valence electrons. The van der Waals surface area contributed by atoms with Gasteiger partial charge in [-0.2, -0.15) is 0 Å². The molecule has 0 saturated heterocycles. The van der Waals surface area contributed by atoms with Crippen molar-refractivity contribution in [2.24, 2.45) is 0 Å². The van der Waals surface area contributed by atoms with Gasteiger partial charge in [-0.1, -0.05) is 224 Å². The zero-order chi connectivity index (χ0) is 47.2. The number of rotatable bonds is 43. The Bertz CT molecular complexity index is 1490. The van der Waals surface area contributed by atoms with E-state index in [1.807, 2.05) is 66.8 Å². The Labute approximate surface area is 397 Å². The highest BCUT2D eigenvalue weighted by molar-refractivity contribution is 5.71. The number of ether oxygens (including phenoxy) is 3. The maximum atomic E-state index is 12.8. The van der Waals surface area contributed by atoms with E-state index in [1.54, 1.807) is 0 Å². The van der Waals surface area contributed by atoms with Gasteiger partial charge in [0.2, 0.25) is 0 Å². The van der Waals surface area contributed by atoms with Gasteiger partial charge in [-0.05, 0) is 89.9 Å². The van der Waals surface area contributed by atoms with Crippen LogP contribution in [0.3, 0.4) is 0 Å². The second-order valence-electron chi connectivity index (χ2n) is 16.2. The Kier molecular flexibility index (Phi) is 48.2. The van der Waals surface area contributed by atoms with Crippen LogP contribution in [0.4, 0.5) is 0 Å². The zero-order valence-corrected chi connectivity index (χ0v) is 41.2. The van der Waals surface area contributed by atoms with Gasteiger partial charge in [-0.15, -0.1) is 0 Å². The van der Waals surface area contributed by atoms with Crippen LogP contribution in [-0.2, 0) is 28.6 Å². The second kappa shape index (κ2) is 51.9. The molecule has 0 bridgehead atoms. The lowest BCUT2D eigenvalue weighted by Gasteiger charge is -2.18. The van der Waals surface area contributed by atoms with Crippen molar-refractivity contribution in [2.75, 3.05) is 13.2 Å². The molecule has 0 aromatic rings. The van der Waals surface area contributed by atoms with Crippen molar-refractivity contribution in [2.45, 2.75) is 194 Å². The monoisotopic (exact) mass is 895 g/mol. The molecule has 0 fully saturated rings. The molecule has 0 saturated carbocycles. The number of hydrogen-bond acceptors (Lipinski definition) is 6. The van der Waals surface area contributed by atoms with E-state index in [1.165, 1.54) is 44.9 Å². The first-order chi connectivity index (χ1) is 32.0. The van der Waals surface area contributed by atoms with Crippen molar-refractivity contribution in [3.63, 3.8) is 0 Å². The van der Waals surface area contributed by atoms with Crippen LogP contribution in [-0.4, -0.2) is 37.2 Å². The summed E-state index contributed by atoms with van der Waals surface area (Å²) >= 11 is 0. The molecule has 6 nitrogen and oxygen atoms in total. The van der Waals surface area contributed by atoms with Crippen LogP contribution in [0, 0.1) is 0 Å². The maximum Gasteiger partial charge on any atom is 0.306 e. The molecule has 6 heteroatoms. The van der Waals surface area contributed by atoms with Crippen LogP contribution < -0.4 is 0 Å². The van der Waals surface area contributed by atoms with Crippen LogP contribution in [0.25, 0.3) is 0 Å². The lowest BCUT2D eigenvalue weighted by Crippen LogP contribution is -2.30. The van der Waals surface area contributed by atoms with Gasteiger partial charge in [-0.3, -0.25) is 14.4 Å². The van der Waals surface area contributed by atoms with E-state index >= 15 is 0 Å². The minimum atomic E-state index is -0.838. The van der Waals surface area contributed by atoms with Gasteiger partial charge in [0, 0.05) is 19.3 Å². The molecule has 0 N–H and O–H groups in total. The summed E-state index contributed by atoms with van der Waals surface area (Å²) in [5.74, 6) is -1.06. The van der Waals surface area contributed by atoms with E-state index in [0.717, 1.165) is 89.9 Å². The lowest BCUT2D eigenvalue weighted by molar-refractivity contribution is -0.167. The Morgan fingerprint density at radius 3 is 1.14 bits per heavy atom. The lowest BCUT2D eigenvalue weighted by atomic mass is 10.1. The van der Waals surface area contributed by atoms with E-state index in [2.05, 4.69) is 99.8 Å². The summed E-state index contributed by atoms with van der Waals surface area (Å²) in [4.78, 5) is 38.0. The van der Waals surface area contributed by atoms with E-state index < -0.39 is 6.10 Å². The summed E-state index contributed by atoms with van der Waals surface area (Å²) in [5, 5.41) is 0. The molecule has 0 aliphatic carbocycles. The number of unbranched alkanes of at least 4 members (excludes halogenated alkanes) is 15. The van der Waals surface area contributed by atoms with E-state index in [9.17, 15) is 14.4 Å². The van der Waals surface area contributed by atoms with Gasteiger partial charge in [0.25, 0.3) is 0 Å². The zero-order valence-electron chi connectivity index (χ0n) is 41.2. The van der Waals surface area contributed by atoms with Crippen LogP contribution in [0.2, 0.25) is 0 Å². The standard InChI is InChI=1S/C59H90O6/c1-4-7-10-13-16-19-22-25-27-29-31-34-37-40-43-46-49-52-58(61)64-55-56(54-63-57(60)51-48-45-42-39-36-33-24-21-18-15-12-9-6-3)65-59(62)53-50-47-44-41-38-35-32-30-28-26-23-20-17-14-11-8-5-2/h7,9-10,12-13,15-16,18-19,21-22,24-29,31-32,34-35,37,41,44,56H,4-6,8,11,14,17,20,23,30,33,36,38-40,42-43,45-55H2,1-3H3/b10-7-,12-9-,16-13-,18-15-,22-19-,24-21-,27-25-,28-26-,31-29+,35-32-,37-34-,44-41-. The summed E-state index contributed by atoms with van der Waals surface area (Å²) in [6.45, 7) is 6.22. The van der Waals surface area contributed by atoms with Crippen molar-refractivity contribution >= 4 is 17.9 Å². The fraction of sp³-hybridized carbons (Fsp3) is 0.542. The van der Waals surface area contributed by atoms with Crippen LogP contribution >= 0.6 is 0 Å². The second-order valence-corrected chi connectivity index (χ2v) is 16.2. The van der Waals surface area contributed by atoms with E-state index in [-0.39, 0.29) is 44.0 Å². The third-order valence-electron chi connectivity index (χ3n) is 10.0. The summed E-state index contributed by atoms with van der Waals surface area (Å²) in [7, 11) is 0. The molecular formula is C59H90O6. The fourth-order valence-electron chi connectivity index (χ4n) is 6.25. The van der Waals surface area contributed by atoms with Crippen molar-refractivity contribution in [3.8, 4) is 0 Å². The topological polar surface area (TPSA) is 78.9 Å². The molecule has 0 aliphatic rings. The molecule has 1 unspecified atom stereocenters. The number of allylic oxidation sites excluding steroid dienone is 24. The first-order valence-electron chi connectivity index (χ1n) is 25.5. The molecule has 1 atom stereocenters. The van der Waals surface area contributed by atoms with Gasteiger partial charge in [0.1, 0.15) is 13.2 Å². The van der Waals surface area contributed by atoms with E-state index in [0.29, 0.717) is 19.3 Å². The number of carbonyl (C=O) groups excluding carboxylic acids is 3. The molecule has 0 rings (SSSR count). The highest BCUT2D eigenvalue weighted by Gasteiger charge is 2.19. The Balaban J connectivity index is 4.62. The third-order valence-corrected chi connectivity index (χ3v) is 10.0. The van der Waals surface area contributed by atoms with Crippen molar-refractivity contribution < 1.29 is 28.6 Å². The Hall–Kier alpha value is -4.71. The Morgan fingerprint density at radius 1 is 0.338 bits per heavy atom. The summed E-state index contributed by atoms with van der Waals surface area (Å²) in [6, 6.07) is 0. The van der Waals surface area contributed by atoms with Crippen molar-refractivity contribution in [3.05, 3.63) is 146 Å². The largest absolute Gasteiger partial charge is 0.462 e. The predicted octanol–water partition coefficient (Wildman–Crippen LogP) is 16.9. The highest BCUT2D eigenvalue weighted by atomic mass is 16.6. The minimum Gasteiger partial charge on any atom is -0.462 e. The van der Waals surface area contributed by atoms with Gasteiger partial charge < -0.3 is 14.2 Å². The first-order valence-corrected chi connectivity index (χ1v) is 25.5. The minimum absolute atomic E-state index is 0.130. The third kappa shape index (κ3) is 50.2. The number of esters is 3. The molecule has 0 aliphatic heterocycles. The number of hydrogen-bond donors (Lipinski definition) is 0. The molecule has 65 heavy (non-hydrogen) atoms. The molecule has 0 spiro atoms. The molecule has 0 amide bonds. The number of carbonyl (C=O) groups is 3. The normalized spacial score (nSPS) is 13.3. The van der Waals surface area contributed by atoms with Gasteiger partial charge in [0.15, 0.2) is 6.10 Å². The summed E-state index contributed by atoms with van der Waals surface area (Å²) in [5.41, 5.74) is 0. The summed E-state index contributed by atoms with van der Waals surface area (Å²) < 4.78 is 16.7. The van der Waals surface area contributed by atoms with Crippen LogP contribution in [0.1, 0.15) is 188 Å².